The van der Waals surface area contributed by atoms with Crippen molar-refractivity contribution in [3.8, 4) is 5.75 Å². The highest BCUT2D eigenvalue weighted by molar-refractivity contribution is 6.32. The van der Waals surface area contributed by atoms with Crippen LogP contribution in [0.3, 0.4) is 0 Å². The second kappa shape index (κ2) is 6.39. The van der Waals surface area contributed by atoms with Crippen molar-refractivity contribution < 1.29 is 18.3 Å². The summed E-state index contributed by atoms with van der Waals surface area (Å²) in [6.07, 6.45) is 1.12. The van der Waals surface area contributed by atoms with E-state index in [1.807, 2.05) is 6.92 Å². The first-order chi connectivity index (χ1) is 8.02. The fourth-order valence-corrected chi connectivity index (χ4v) is 1.45. The molecular weight excluding hydrogens is 252 g/mol. The van der Waals surface area contributed by atoms with Gasteiger partial charge in [-0.05, 0) is 24.6 Å². The Hall–Kier alpha value is -1.36. The second-order valence-corrected chi connectivity index (χ2v) is 3.73. The zero-order valence-corrected chi connectivity index (χ0v) is 9.93. The van der Waals surface area contributed by atoms with Crippen LogP contribution in [0, 0.1) is 0 Å². The van der Waals surface area contributed by atoms with E-state index in [9.17, 15) is 13.6 Å². The molecule has 0 heterocycles. The van der Waals surface area contributed by atoms with Gasteiger partial charge in [0.15, 0.2) is 0 Å². The largest absolute Gasteiger partial charge is 0.433 e. The molecule has 0 atom stereocenters. The number of amides is 1. The molecule has 94 valence electrons. The lowest BCUT2D eigenvalue weighted by Crippen LogP contribution is -2.10. The van der Waals surface area contributed by atoms with Crippen molar-refractivity contribution in [2.45, 2.75) is 26.4 Å². The average Bonchev–Trinajstić information content (AvgIpc) is 2.22. The molecule has 1 amide bonds. The van der Waals surface area contributed by atoms with E-state index in [1.54, 1.807) is 0 Å². The fraction of sp³-hybridized carbons (Fsp3) is 0.364. The summed E-state index contributed by atoms with van der Waals surface area (Å²) in [7, 11) is 0. The predicted octanol–water partition coefficient (Wildman–Crippen LogP) is 3.68. The van der Waals surface area contributed by atoms with E-state index in [0.29, 0.717) is 12.1 Å². The number of nitrogens with one attached hydrogen (secondary N) is 1. The summed E-state index contributed by atoms with van der Waals surface area (Å²) in [6, 6.07) is 4.11. The van der Waals surface area contributed by atoms with Gasteiger partial charge < -0.3 is 10.1 Å². The number of carbonyl (C=O) groups is 1. The molecule has 0 bridgehead atoms. The number of anilines is 1. The number of halogens is 3. The monoisotopic (exact) mass is 263 g/mol. The van der Waals surface area contributed by atoms with E-state index in [2.05, 4.69) is 10.1 Å². The molecule has 0 saturated carbocycles. The average molecular weight is 264 g/mol. The molecule has 0 saturated heterocycles. The Kier molecular flexibility index (Phi) is 5.15. The summed E-state index contributed by atoms with van der Waals surface area (Å²) in [4.78, 5) is 11.3. The first-order valence-electron chi connectivity index (χ1n) is 5.07. The number of benzene rings is 1. The van der Waals surface area contributed by atoms with Gasteiger partial charge in [-0.2, -0.15) is 8.78 Å². The van der Waals surface area contributed by atoms with Crippen LogP contribution in [0.4, 0.5) is 14.5 Å². The molecule has 1 rings (SSSR count). The zero-order chi connectivity index (χ0) is 12.8. The molecule has 1 aromatic carbocycles. The molecule has 1 N–H and O–H groups in total. The van der Waals surface area contributed by atoms with Crippen molar-refractivity contribution in [3.05, 3.63) is 23.2 Å². The summed E-state index contributed by atoms with van der Waals surface area (Å²) >= 11 is 5.72. The number of carbonyl (C=O) groups excluding carboxylic acids is 1. The van der Waals surface area contributed by atoms with Gasteiger partial charge in [0.25, 0.3) is 0 Å². The highest BCUT2D eigenvalue weighted by atomic mass is 35.5. The van der Waals surface area contributed by atoms with Crippen LogP contribution in [0.2, 0.25) is 5.02 Å². The highest BCUT2D eigenvalue weighted by Gasteiger charge is 2.09. The minimum Gasteiger partial charge on any atom is -0.433 e. The first-order valence-corrected chi connectivity index (χ1v) is 5.45. The molecule has 0 aliphatic heterocycles. The maximum absolute atomic E-state index is 12.0. The minimum atomic E-state index is -2.92. The van der Waals surface area contributed by atoms with Crippen molar-refractivity contribution in [2.24, 2.45) is 0 Å². The summed E-state index contributed by atoms with van der Waals surface area (Å²) < 4.78 is 28.1. The van der Waals surface area contributed by atoms with Crippen molar-refractivity contribution in [1.82, 2.24) is 0 Å². The van der Waals surface area contributed by atoms with E-state index < -0.39 is 6.61 Å². The van der Waals surface area contributed by atoms with Gasteiger partial charge >= 0.3 is 6.61 Å². The van der Waals surface area contributed by atoms with Crippen LogP contribution in [-0.4, -0.2) is 12.5 Å². The smallest absolute Gasteiger partial charge is 0.387 e. The summed E-state index contributed by atoms with van der Waals surface area (Å²) in [5.74, 6) is -0.263. The topological polar surface area (TPSA) is 38.3 Å². The van der Waals surface area contributed by atoms with Crippen LogP contribution in [-0.2, 0) is 4.79 Å². The van der Waals surface area contributed by atoms with Gasteiger partial charge in [-0.3, -0.25) is 4.79 Å². The van der Waals surface area contributed by atoms with Crippen molar-refractivity contribution >= 4 is 23.2 Å². The van der Waals surface area contributed by atoms with Gasteiger partial charge in [-0.1, -0.05) is 18.5 Å². The summed E-state index contributed by atoms with van der Waals surface area (Å²) in [5, 5.41) is 2.63. The summed E-state index contributed by atoms with van der Waals surface area (Å²) in [6.45, 7) is -1.04. The SMILES string of the molecule is CCCC(=O)Nc1ccc(OC(F)F)c(Cl)c1. The molecule has 6 heteroatoms. The van der Waals surface area contributed by atoms with Gasteiger partial charge in [-0.15, -0.1) is 0 Å². The lowest BCUT2D eigenvalue weighted by atomic mass is 10.2. The molecule has 1 aromatic rings. The maximum Gasteiger partial charge on any atom is 0.387 e. The van der Waals surface area contributed by atoms with Gasteiger partial charge in [0, 0.05) is 12.1 Å². The van der Waals surface area contributed by atoms with E-state index in [0.717, 1.165) is 6.42 Å². The lowest BCUT2D eigenvalue weighted by Gasteiger charge is -2.09. The van der Waals surface area contributed by atoms with Gasteiger partial charge in [0.2, 0.25) is 5.91 Å². The molecule has 0 aliphatic rings. The molecule has 0 unspecified atom stereocenters. The van der Waals surface area contributed by atoms with Crippen LogP contribution in [0.1, 0.15) is 19.8 Å². The van der Waals surface area contributed by atoms with E-state index >= 15 is 0 Å². The van der Waals surface area contributed by atoms with Crippen LogP contribution >= 0.6 is 11.6 Å². The molecular formula is C11H12ClF2NO2. The van der Waals surface area contributed by atoms with Gasteiger partial charge in [0.1, 0.15) is 5.75 Å². The Bertz CT molecular complexity index is 399. The molecule has 3 nitrogen and oxygen atoms in total. The van der Waals surface area contributed by atoms with Crippen LogP contribution in [0.25, 0.3) is 0 Å². The van der Waals surface area contributed by atoms with E-state index in [1.165, 1.54) is 18.2 Å². The van der Waals surface area contributed by atoms with E-state index in [-0.39, 0.29) is 16.7 Å². The molecule has 0 fully saturated rings. The van der Waals surface area contributed by atoms with Gasteiger partial charge in [-0.25, -0.2) is 0 Å². The zero-order valence-electron chi connectivity index (χ0n) is 9.17. The standard InChI is InChI=1S/C11H12ClF2NO2/c1-2-3-10(16)15-7-4-5-9(8(12)6-7)17-11(13)14/h4-6,11H,2-3H2,1H3,(H,15,16). The summed E-state index contributed by atoms with van der Waals surface area (Å²) in [5.41, 5.74) is 0.454. The van der Waals surface area contributed by atoms with E-state index in [4.69, 9.17) is 11.6 Å². The number of hydrogen-bond donors (Lipinski definition) is 1. The Balaban J connectivity index is 2.71. The number of ether oxygens (including phenoxy) is 1. The van der Waals surface area contributed by atoms with Crippen molar-refractivity contribution in [1.29, 1.82) is 0 Å². The number of rotatable bonds is 5. The van der Waals surface area contributed by atoms with Crippen LogP contribution in [0.5, 0.6) is 5.75 Å². The third-order valence-electron chi connectivity index (χ3n) is 1.91. The highest BCUT2D eigenvalue weighted by Crippen LogP contribution is 2.28. The normalized spacial score (nSPS) is 10.4. The fourth-order valence-electron chi connectivity index (χ4n) is 1.22. The molecule has 0 spiro atoms. The lowest BCUT2D eigenvalue weighted by molar-refractivity contribution is -0.116. The van der Waals surface area contributed by atoms with Gasteiger partial charge in [0.05, 0.1) is 5.02 Å². The molecule has 0 radical (unpaired) electrons. The Morgan fingerprint density at radius 3 is 2.76 bits per heavy atom. The van der Waals surface area contributed by atoms with Crippen molar-refractivity contribution in [2.75, 3.05) is 5.32 Å². The Morgan fingerprint density at radius 2 is 2.24 bits per heavy atom. The van der Waals surface area contributed by atoms with Crippen LogP contribution in [0.15, 0.2) is 18.2 Å². The quantitative estimate of drug-likeness (QED) is 0.880. The minimum absolute atomic E-state index is 0.0274. The van der Waals surface area contributed by atoms with Crippen LogP contribution < -0.4 is 10.1 Å². The second-order valence-electron chi connectivity index (χ2n) is 3.32. The molecule has 0 aromatic heterocycles. The van der Waals surface area contributed by atoms with Crippen molar-refractivity contribution in [3.63, 3.8) is 0 Å². The predicted molar refractivity (Wildman–Crippen MR) is 61.6 cm³/mol. The molecule has 17 heavy (non-hydrogen) atoms. The first kappa shape index (κ1) is 13.7. The third kappa shape index (κ3) is 4.56. The molecule has 0 aliphatic carbocycles. The number of alkyl halides is 2. The Labute approximate surface area is 103 Å². The number of hydrogen-bond acceptors (Lipinski definition) is 2. The third-order valence-corrected chi connectivity index (χ3v) is 2.20. The maximum atomic E-state index is 12.0. The Morgan fingerprint density at radius 1 is 1.53 bits per heavy atom.